The number of carbonyl (C=O) groups is 2. The number of carboxylic acid groups (broad SMARTS) is 1. The first-order valence-electron chi connectivity index (χ1n) is 5.16. The molecule has 88 valence electrons. The molecule has 5 nitrogen and oxygen atoms in total. The molecule has 16 heavy (non-hydrogen) atoms. The molecule has 0 saturated heterocycles. The minimum absolute atomic E-state index is 0.149. The fourth-order valence-electron chi connectivity index (χ4n) is 1.38. The zero-order valence-electron chi connectivity index (χ0n) is 9.14. The number of furan rings is 1. The lowest BCUT2D eigenvalue weighted by atomic mass is 10.2. The zero-order valence-corrected chi connectivity index (χ0v) is 9.14. The lowest BCUT2D eigenvalue weighted by Crippen LogP contribution is -2.36. The van der Waals surface area contributed by atoms with Gasteiger partial charge in [-0.2, -0.15) is 0 Å². The number of amides is 1. The van der Waals surface area contributed by atoms with Crippen LogP contribution in [0.2, 0.25) is 0 Å². The van der Waals surface area contributed by atoms with Gasteiger partial charge in [-0.25, -0.2) is 0 Å². The van der Waals surface area contributed by atoms with Crippen molar-refractivity contribution in [1.29, 1.82) is 0 Å². The SMILES string of the molecule is CCCN(CCC(=O)[O-])C(=O)c1ccoc1. The Morgan fingerprint density at radius 1 is 1.44 bits per heavy atom. The van der Waals surface area contributed by atoms with Crippen LogP contribution in [0.5, 0.6) is 0 Å². The highest BCUT2D eigenvalue weighted by atomic mass is 16.4. The quantitative estimate of drug-likeness (QED) is 0.695. The van der Waals surface area contributed by atoms with Gasteiger partial charge in [0.25, 0.3) is 5.91 Å². The number of nitrogens with zero attached hydrogens (tertiary/aromatic N) is 1. The van der Waals surface area contributed by atoms with Crippen molar-refractivity contribution in [2.24, 2.45) is 0 Å². The van der Waals surface area contributed by atoms with Crippen molar-refractivity contribution in [1.82, 2.24) is 4.90 Å². The average molecular weight is 224 g/mol. The first-order chi connectivity index (χ1) is 7.65. The van der Waals surface area contributed by atoms with Gasteiger partial charge < -0.3 is 19.2 Å². The second kappa shape index (κ2) is 5.95. The van der Waals surface area contributed by atoms with Crippen LogP contribution < -0.4 is 5.11 Å². The van der Waals surface area contributed by atoms with Crippen LogP contribution in [-0.4, -0.2) is 29.9 Å². The van der Waals surface area contributed by atoms with Gasteiger partial charge in [-0.15, -0.1) is 0 Å². The summed E-state index contributed by atoms with van der Waals surface area (Å²) in [5, 5.41) is 10.3. The van der Waals surface area contributed by atoms with Crippen LogP contribution in [0, 0.1) is 0 Å². The zero-order chi connectivity index (χ0) is 12.0. The fraction of sp³-hybridized carbons (Fsp3) is 0.455. The third-order valence-corrected chi connectivity index (χ3v) is 2.13. The van der Waals surface area contributed by atoms with Gasteiger partial charge in [0, 0.05) is 25.5 Å². The summed E-state index contributed by atoms with van der Waals surface area (Å²) >= 11 is 0. The molecule has 0 atom stereocenters. The predicted molar refractivity (Wildman–Crippen MR) is 54.5 cm³/mol. The van der Waals surface area contributed by atoms with E-state index in [1.54, 1.807) is 6.07 Å². The molecule has 0 radical (unpaired) electrons. The van der Waals surface area contributed by atoms with Crippen LogP contribution in [0.3, 0.4) is 0 Å². The number of carboxylic acids is 1. The topological polar surface area (TPSA) is 73.6 Å². The van der Waals surface area contributed by atoms with Gasteiger partial charge in [0.05, 0.1) is 11.8 Å². The first kappa shape index (κ1) is 12.3. The standard InChI is InChI=1S/C11H15NO4/c1-2-5-12(6-3-10(13)14)11(15)9-4-7-16-8-9/h4,7-8H,2-3,5-6H2,1H3,(H,13,14)/p-1. The van der Waals surface area contributed by atoms with E-state index >= 15 is 0 Å². The Labute approximate surface area is 93.7 Å². The Balaban J connectivity index is 2.62. The van der Waals surface area contributed by atoms with E-state index in [0.717, 1.165) is 6.42 Å². The maximum atomic E-state index is 11.9. The molecule has 0 bridgehead atoms. The van der Waals surface area contributed by atoms with Gasteiger partial charge in [0.15, 0.2) is 0 Å². The van der Waals surface area contributed by atoms with Gasteiger partial charge in [-0.1, -0.05) is 6.92 Å². The van der Waals surface area contributed by atoms with Crippen LogP contribution in [0.1, 0.15) is 30.1 Å². The van der Waals surface area contributed by atoms with Gasteiger partial charge >= 0.3 is 0 Å². The molecule has 0 aromatic carbocycles. The van der Waals surface area contributed by atoms with E-state index in [1.165, 1.54) is 17.4 Å². The van der Waals surface area contributed by atoms with Crippen molar-refractivity contribution in [3.05, 3.63) is 24.2 Å². The van der Waals surface area contributed by atoms with Crippen LogP contribution in [0.25, 0.3) is 0 Å². The number of hydrogen-bond donors (Lipinski definition) is 0. The monoisotopic (exact) mass is 224 g/mol. The van der Waals surface area contributed by atoms with Gasteiger partial charge in [-0.05, 0) is 12.5 Å². The van der Waals surface area contributed by atoms with Crippen molar-refractivity contribution in [3.63, 3.8) is 0 Å². The van der Waals surface area contributed by atoms with Crippen molar-refractivity contribution in [3.8, 4) is 0 Å². The largest absolute Gasteiger partial charge is 0.550 e. The highest BCUT2D eigenvalue weighted by Gasteiger charge is 2.15. The Kier molecular flexibility index (Phi) is 4.57. The van der Waals surface area contributed by atoms with Crippen LogP contribution in [0.4, 0.5) is 0 Å². The molecule has 0 aliphatic carbocycles. The normalized spacial score (nSPS) is 10.1. The molecule has 1 rings (SSSR count). The maximum Gasteiger partial charge on any atom is 0.257 e. The maximum absolute atomic E-state index is 11.9. The van der Waals surface area contributed by atoms with Crippen LogP contribution >= 0.6 is 0 Å². The van der Waals surface area contributed by atoms with Crippen molar-refractivity contribution in [2.45, 2.75) is 19.8 Å². The van der Waals surface area contributed by atoms with Crippen LogP contribution in [0.15, 0.2) is 23.0 Å². The average Bonchev–Trinajstić information content (AvgIpc) is 2.76. The fourth-order valence-corrected chi connectivity index (χ4v) is 1.38. The van der Waals surface area contributed by atoms with Crippen LogP contribution in [-0.2, 0) is 4.79 Å². The Morgan fingerprint density at radius 3 is 2.69 bits per heavy atom. The Bertz CT molecular complexity index is 345. The van der Waals surface area contributed by atoms with E-state index in [9.17, 15) is 14.7 Å². The number of carbonyl (C=O) groups excluding carboxylic acids is 2. The molecule has 1 amide bonds. The minimum atomic E-state index is -1.15. The Morgan fingerprint density at radius 2 is 2.19 bits per heavy atom. The predicted octanol–water partition coefficient (Wildman–Crippen LogP) is 0.272. The van der Waals surface area contributed by atoms with Crippen molar-refractivity contribution < 1.29 is 19.1 Å². The van der Waals surface area contributed by atoms with E-state index in [1.807, 2.05) is 6.92 Å². The van der Waals surface area contributed by atoms with Gasteiger partial charge in [0.2, 0.25) is 0 Å². The molecule has 0 fully saturated rings. The smallest absolute Gasteiger partial charge is 0.257 e. The summed E-state index contributed by atoms with van der Waals surface area (Å²) in [6.07, 6.45) is 3.39. The second-order valence-electron chi connectivity index (χ2n) is 3.43. The molecular formula is C11H14NO4-. The number of aliphatic carboxylic acids is 1. The molecule has 0 spiro atoms. The highest BCUT2D eigenvalue weighted by molar-refractivity contribution is 5.93. The van der Waals surface area contributed by atoms with E-state index < -0.39 is 5.97 Å². The summed E-state index contributed by atoms with van der Waals surface area (Å²) in [6, 6.07) is 1.56. The summed E-state index contributed by atoms with van der Waals surface area (Å²) in [4.78, 5) is 23.7. The molecule has 0 N–H and O–H groups in total. The lowest BCUT2D eigenvalue weighted by Gasteiger charge is -2.21. The molecule has 0 saturated carbocycles. The molecule has 5 heteroatoms. The summed E-state index contributed by atoms with van der Waals surface area (Å²) < 4.78 is 4.81. The molecule has 1 aromatic heterocycles. The van der Waals surface area contributed by atoms with E-state index in [0.29, 0.717) is 12.1 Å². The lowest BCUT2D eigenvalue weighted by molar-refractivity contribution is -0.305. The highest BCUT2D eigenvalue weighted by Crippen LogP contribution is 2.06. The van der Waals surface area contributed by atoms with E-state index in [4.69, 9.17) is 4.42 Å². The molecule has 1 heterocycles. The molecule has 1 aromatic rings. The first-order valence-corrected chi connectivity index (χ1v) is 5.16. The van der Waals surface area contributed by atoms with Crippen molar-refractivity contribution >= 4 is 11.9 Å². The third-order valence-electron chi connectivity index (χ3n) is 2.13. The van der Waals surface area contributed by atoms with Crippen molar-refractivity contribution in [2.75, 3.05) is 13.1 Å². The second-order valence-corrected chi connectivity index (χ2v) is 3.43. The summed E-state index contributed by atoms with van der Waals surface area (Å²) in [6.45, 7) is 2.62. The molecule has 0 aliphatic rings. The minimum Gasteiger partial charge on any atom is -0.550 e. The molecule has 0 unspecified atom stereocenters. The molecule has 0 aliphatic heterocycles. The Hall–Kier alpha value is -1.78. The summed E-state index contributed by atoms with van der Waals surface area (Å²) in [5.74, 6) is -1.36. The third kappa shape index (κ3) is 3.42. The van der Waals surface area contributed by atoms with Gasteiger partial charge in [-0.3, -0.25) is 4.79 Å². The van der Waals surface area contributed by atoms with E-state index in [2.05, 4.69) is 0 Å². The molecular weight excluding hydrogens is 210 g/mol. The number of rotatable bonds is 6. The number of hydrogen-bond acceptors (Lipinski definition) is 4. The van der Waals surface area contributed by atoms with Gasteiger partial charge in [0.1, 0.15) is 6.26 Å². The van der Waals surface area contributed by atoms with E-state index in [-0.39, 0.29) is 18.9 Å². The summed E-state index contributed by atoms with van der Waals surface area (Å²) in [5.41, 5.74) is 0.437. The summed E-state index contributed by atoms with van der Waals surface area (Å²) in [7, 11) is 0.